The van der Waals surface area contributed by atoms with Gasteiger partial charge in [0.05, 0.1) is 19.8 Å². The van der Waals surface area contributed by atoms with Gasteiger partial charge >= 0.3 is 5.97 Å². The van der Waals surface area contributed by atoms with Crippen molar-refractivity contribution in [3.8, 4) is 23.0 Å². The molecular weight excluding hydrogens is 324 g/mol. The van der Waals surface area contributed by atoms with Crippen LogP contribution in [-0.4, -0.2) is 31.1 Å². The monoisotopic (exact) mass is 342 g/mol. The molecule has 6 heteroatoms. The number of rotatable bonds is 6. The molecule has 0 atom stereocenters. The molecule has 2 aromatic carbocycles. The summed E-state index contributed by atoms with van der Waals surface area (Å²) in [4.78, 5) is 23.4. The predicted octanol–water partition coefficient (Wildman–Crippen LogP) is 3.23. The Morgan fingerprint density at radius 2 is 1.76 bits per heavy atom. The van der Waals surface area contributed by atoms with Crippen LogP contribution in [0.5, 0.6) is 23.0 Å². The third-order valence-electron chi connectivity index (χ3n) is 3.34. The summed E-state index contributed by atoms with van der Waals surface area (Å²) in [6, 6.07) is 9.37. The molecule has 0 saturated heterocycles. The molecule has 0 amide bonds. The molecule has 0 aliphatic carbocycles. The number of carbonyl (C=O) groups excluding carboxylic acids is 2. The average Bonchev–Trinajstić information content (AvgIpc) is 2.59. The summed E-state index contributed by atoms with van der Waals surface area (Å²) < 4.78 is 15.2. The molecular formula is C19H18O6. The lowest BCUT2D eigenvalue weighted by atomic mass is 10.1. The molecule has 0 radical (unpaired) electrons. The lowest BCUT2D eigenvalue weighted by Gasteiger charge is -2.08. The molecule has 0 spiro atoms. The van der Waals surface area contributed by atoms with Gasteiger partial charge in [-0.25, -0.2) is 0 Å². The van der Waals surface area contributed by atoms with Crippen LogP contribution >= 0.6 is 0 Å². The highest BCUT2D eigenvalue weighted by Crippen LogP contribution is 2.29. The highest BCUT2D eigenvalue weighted by molar-refractivity contribution is 6.08. The van der Waals surface area contributed by atoms with Crippen LogP contribution in [0.2, 0.25) is 0 Å². The maximum atomic E-state index is 12.2. The van der Waals surface area contributed by atoms with E-state index in [0.717, 1.165) is 0 Å². The van der Waals surface area contributed by atoms with E-state index < -0.39 is 5.97 Å². The molecule has 25 heavy (non-hydrogen) atoms. The number of phenols is 1. The number of ether oxygens (including phenoxy) is 3. The number of ketones is 1. The number of phenolic OH excluding ortho intramolecular Hbond substituents is 1. The average molecular weight is 342 g/mol. The van der Waals surface area contributed by atoms with Gasteiger partial charge in [-0.15, -0.1) is 0 Å². The second-order valence-corrected chi connectivity index (χ2v) is 5.08. The maximum Gasteiger partial charge on any atom is 0.308 e. The van der Waals surface area contributed by atoms with Gasteiger partial charge in [-0.3, -0.25) is 9.59 Å². The maximum absolute atomic E-state index is 12.2. The summed E-state index contributed by atoms with van der Waals surface area (Å²) in [5.74, 6) is 0.121. The van der Waals surface area contributed by atoms with E-state index in [0.29, 0.717) is 17.1 Å². The van der Waals surface area contributed by atoms with Crippen LogP contribution in [0.1, 0.15) is 22.8 Å². The zero-order valence-corrected chi connectivity index (χ0v) is 14.1. The lowest BCUT2D eigenvalue weighted by Crippen LogP contribution is -2.03. The molecule has 0 fully saturated rings. The molecule has 2 aromatic rings. The van der Waals surface area contributed by atoms with Crippen molar-refractivity contribution in [3.05, 3.63) is 53.6 Å². The van der Waals surface area contributed by atoms with E-state index in [1.807, 2.05) is 0 Å². The van der Waals surface area contributed by atoms with Crippen LogP contribution in [0.3, 0.4) is 0 Å². The summed E-state index contributed by atoms with van der Waals surface area (Å²) in [5.41, 5.74) is 0.796. The van der Waals surface area contributed by atoms with Gasteiger partial charge in [-0.2, -0.15) is 0 Å². The second kappa shape index (κ2) is 8.01. The number of esters is 1. The summed E-state index contributed by atoms with van der Waals surface area (Å²) >= 11 is 0. The zero-order chi connectivity index (χ0) is 18.4. The van der Waals surface area contributed by atoms with Gasteiger partial charge < -0.3 is 19.3 Å². The molecule has 6 nitrogen and oxygen atoms in total. The van der Waals surface area contributed by atoms with E-state index in [1.54, 1.807) is 30.3 Å². The van der Waals surface area contributed by atoms with Gasteiger partial charge in [0.15, 0.2) is 17.3 Å². The van der Waals surface area contributed by atoms with Crippen LogP contribution in [-0.2, 0) is 4.79 Å². The van der Waals surface area contributed by atoms with Gasteiger partial charge in [0.25, 0.3) is 0 Å². The van der Waals surface area contributed by atoms with Crippen LogP contribution in [0.4, 0.5) is 0 Å². The first-order valence-electron chi connectivity index (χ1n) is 7.40. The summed E-state index contributed by atoms with van der Waals surface area (Å²) in [6.07, 6.45) is 2.87. The number of aromatic hydroxyl groups is 1. The minimum atomic E-state index is -0.473. The molecule has 0 saturated carbocycles. The molecule has 0 aliphatic heterocycles. The Kier molecular flexibility index (Phi) is 5.79. The normalized spacial score (nSPS) is 10.5. The van der Waals surface area contributed by atoms with Crippen molar-refractivity contribution in [1.82, 2.24) is 0 Å². The minimum absolute atomic E-state index is 0.158. The number of benzene rings is 2. The summed E-state index contributed by atoms with van der Waals surface area (Å²) in [7, 11) is 2.94. The molecule has 2 rings (SSSR count). The number of allylic oxidation sites excluding steroid dienone is 1. The van der Waals surface area contributed by atoms with Crippen molar-refractivity contribution in [2.75, 3.05) is 14.2 Å². The van der Waals surface area contributed by atoms with Crippen molar-refractivity contribution in [3.63, 3.8) is 0 Å². The topological polar surface area (TPSA) is 82.1 Å². The first-order chi connectivity index (χ1) is 11.9. The van der Waals surface area contributed by atoms with Gasteiger partial charge in [0.2, 0.25) is 0 Å². The van der Waals surface area contributed by atoms with E-state index >= 15 is 0 Å². The highest BCUT2D eigenvalue weighted by Gasteiger charge is 2.10. The van der Waals surface area contributed by atoms with Gasteiger partial charge in [-0.05, 0) is 35.9 Å². The van der Waals surface area contributed by atoms with Gasteiger partial charge in [0.1, 0.15) is 11.5 Å². The SMILES string of the molecule is COc1ccc(C(=O)/C=C\c2ccc(OC)c(OC(C)=O)c2)c(O)c1. The molecule has 0 unspecified atom stereocenters. The quantitative estimate of drug-likeness (QED) is 0.376. The zero-order valence-electron chi connectivity index (χ0n) is 14.1. The molecule has 1 N–H and O–H groups in total. The first-order valence-corrected chi connectivity index (χ1v) is 7.40. The Labute approximate surface area is 145 Å². The Bertz CT molecular complexity index is 823. The molecule has 0 aromatic heterocycles. The fourth-order valence-corrected chi connectivity index (χ4v) is 2.14. The summed E-state index contributed by atoms with van der Waals surface area (Å²) in [5, 5.41) is 9.89. The third kappa shape index (κ3) is 4.60. The van der Waals surface area contributed by atoms with Crippen molar-refractivity contribution < 1.29 is 28.9 Å². The van der Waals surface area contributed by atoms with Crippen molar-refractivity contribution in [2.45, 2.75) is 6.92 Å². The Morgan fingerprint density at radius 3 is 2.36 bits per heavy atom. The molecule has 0 heterocycles. The first kappa shape index (κ1) is 18.1. The number of hydrogen-bond acceptors (Lipinski definition) is 6. The van der Waals surface area contributed by atoms with E-state index in [4.69, 9.17) is 14.2 Å². The van der Waals surface area contributed by atoms with Crippen LogP contribution in [0.15, 0.2) is 42.5 Å². The number of methoxy groups -OCH3 is 2. The van der Waals surface area contributed by atoms with E-state index in [-0.39, 0.29) is 22.8 Å². The number of hydrogen-bond donors (Lipinski definition) is 1. The Morgan fingerprint density at radius 1 is 1.00 bits per heavy atom. The van der Waals surface area contributed by atoms with E-state index in [1.165, 1.54) is 39.4 Å². The van der Waals surface area contributed by atoms with Crippen molar-refractivity contribution >= 4 is 17.8 Å². The van der Waals surface area contributed by atoms with E-state index in [2.05, 4.69) is 0 Å². The molecule has 0 aliphatic rings. The molecule has 130 valence electrons. The fourth-order valence-electron chi connectivity index (χ4n) is 2.14. The van der Waals surface area contributed by atoms with Gasteiger partial charge in [-0.1, -0.05) is 12.1 Å². The fraction of sp³-hybridized carbons (Fsp3) is 0.158. The second-order valence-electron chi connectivity index (χ2n) is 5.08. The third-order valence-corrected chi connectivity index (χ3v) is 3.34. The van der Waals surface area contributed by atoms with Crippen LogP contribution in [0, 0.1) is 0 Å². The largest absolute Gasteiger partial charge is 0.507 e. The van der Waals surface area contributed by atoms with Gasteiger partial charge in [0, 0.05) is 13.0 Å². The summed E-state index contributed by atoms with van der Waals surface area (Å²) in [6.45, 7) is 1.29. The van der Waals surface area contributed by atoms with Crippen LogP contribution in [0.25, 0.3) is 6.08 Å². The predicted molar refractivity (Wildman–Crippen MR) is 92.3 cm³/mol. The van der Waals surface area contributed by atoms with Crippen molar-refractivity contribution in [1.29, 1.82) is 0 Å². The van der Waals surface area contributed by atoms with Crippen LogP contribution < -0.4 is 14.2 Å². The lowest BCUT2D eigenvalue weighted by molar-refractivity contribution is -0.132. The Hall–Kier alpha value is -3.28. The highest BCUT2D eigenvalue weighted by atomic mass is 16.6. The number of carbonyl (C=O) groups is 2. The van der Waals surface area contributed by atoms with Crippen molar-refractivity contribution in [2.24, 2.45) is 0 Å². The minimum Gasteiger partial charge on any atom is -0.507 e. The smallest absolute Gasteiger partial charge is 0.308 e. The standard InChI is InChI=1S/C19H18O6/c1-12(20)25-19-10-13(5-9-18(19)24-3)4-8-16(21)15-7-6-14(23-2)11-17(15)22/h4-11,22H,1-3H3/b8-4-. The Balaban J connectivity index is 2.23. The molecule has 0 bridgehead atoms. The van der Waals surface area contributed by atoms with E-state index in [9.17, 15) is 14.7 Å².